The highest BCUT2D eigenvalue weighted by molar-refractivity contribution is 5.79. The molecule has 2 heterocycles. The summed E-state index contributed by atoms with van der Waals surface area (Å²) >= 11 is 0. The van der Waals surface area contributed by atoms with Crippen LogP contribution in [-0.2, 0) is 11.3 Å². The van der Waals surface area contributed by atoms with E-state index < -0.39 is 0 Å². The summed E-state index contributed by atoms with van der Waals surface area (Å²) in [5, 5.41) is 7.11. The van der Waals surface area contributed by atoms with Crippen molar-refractivity contribution in [2.75, 3.05) is 53.5 Å². The number of hydrogen-bond acceptors (Lipinski definition) is 4. The minimum absolute atomic E-state index is 0.573. The van der Waals surface area contributed by atoms with Gasteiger partial charge in [0.05, 0.1) is 6.61 Å². The van der Waals surface area contributed by atoms with Crippen molar-refractivity contribution in [3.63, 3.8) is 0 Å². The molecule has 1 aromatic carbocycles. The maximum absolute atomic E-state index is 5.24. The molecule has 0 bridgehead atoms. The van der Waals surface area contributed by atoms with Gasteiger partial charge < -0.3 is 15.4 Å². The van der Waals surface area contributed by atoms with Crippen LogP contribution in [0.1, 0.15) is 31.2 Å². The second-order valence-electron chi connectivity index (χ2n) is 7.91. The van der Waals surface area contributed by atoms with E-state index in [1.54, 1.807) is 7.11 Å². The molecule has 2 unspecified atom stereocenters. The zero-order chi connectivity index (χ0) is 19.6. The van der Waals surface area contributed by atoms with Crippen LogP contribution < -0.4 is 10.6 Å². The fraction of sp³-hybridized carbons (Fsp3) is 0.682. The van der Waals surface area contributed by atoms with Crippen LogP contribution in [0.2, 0.25) is 0 Å². The zero-order valence-electron chi connectivity index (χ0n) is 17.6. The van der Waals surface area contributed by atoms with Gasteiger partial charge >= 0.3 is 0 Å². The van der Waals surface area contributed by atoms with Gasteiger partial charge in [0.2, 0.25) is 0 Å². The molecule has 2 saturated heterocycles. The molecule has 28 heavy (non-hydrogen) atoms. The molecule has 2 atom stereocenters. The van der Waals surface area contributed by atoms with Gasteiger partial charge in [-0.05, 0) is 44.3 Å². The third-order valence-electron chi connectivity index (χ3n) is 6.04. The quantitative estimate of drug-likeness (QED) is 0.501. The SMILES string of the molecule is CN=C(NCC1CCCN1CCOC)NCC1CCCN1Cc1ccccc1. The van der Waals surface area contributed by atoms with Gasteiger partial charge in [0.25, 0.3) is 0 Å². The lowest BCUT2D eigenvalue weighted by atomic mass is 10.2. The molecule has 2 aliphatic heterocycles. The standard InChI is InChI=1S/C22H37N5O/c1-23-22(24-16-20-10-6-12-26(20)14-15-28-2)25-17-21-11-7-13-27(21)18-19-8-4-3-5-9-19/h3-5,8-9,20-21H,6-7,10-18H2,1-2H3,(H2,23,24,25). The molecule has 2 fully saturated rings. The predicted molar refractivity (Wildman–Crippen MR) is 116 cm³/mol. The van der Waals surface area contributed by atoms with Gasteiger partial charge in [0.15, 0.2) is 5.96 Å². The van der Waals surface area contributed by atoms with E-state index in [2.05, 4.69) is 55.8 Å². The Bertz CT molecular complexity index is 594. The summed E-state index contributed by atoms with van der Waals surface area (Å²) in [6.07, 6.45) is 5.06. The van der Waals surface area contributed by atoms with Crippen LogP contribution in [0.15, 0.2) is 35.3 Å². The van der Waals surface area contributed by atoms with Crippen LogP contribution in [0, 0.1) is 0 Å². The molecule has 0 radical (unpaired) electrons. The van der Waals surface area contributed by atoms with Gasteiger partial charge in [0.1, 0.15) is 0 Å². The zero-order valence-corrected chi connectivity index (χ0v) is 17.6. The van der Waals surface area contributed by atoms with Gasteiger partial charge in [0, 0.05) is 52.4 Å². The van der Waals surface area contributed by atoms with Crippen molar-refractivity contribution in [3.8, 4) is 0 Å². The first-order valence-corrected chi connectivity index (χ1v) is 10.8. The highest BCUT2D eigenvalue weighted by atomic mass is 16.5. The van der Waals surface area contributed by atoms with Crippen molar-refractivity contribution in [1.29, 1.82) is 0 Å². The number of hydrogen-bond donors (Lipinski definition) is 2. The molecule has 2 aliphatic rings. The monoisotopic (exact) mass is 387 g/mol. The third-order valence-corrected chi connectivity index (χ3v) is 6.04. The number of ether oxygens (including phenoxy) is 1. The molecule has 6 nitrogen and oxygen atoms in total. The van der Waals surface area contributed by atoms with Crippen LogP contribution in [0.5, 0.6) is 0 Å². The first-order chi connectivity index (χ1) is 13.8. The largest absolute Gasteiger partial charge is 0.383 e. The van der Waals surface area contributed by atoms with Crippen molar-refractivity contribution in [3.05, 3.63) is 35.9 Å². The van der Waals surface area contributed by atoms with E-state index in [0.29, 0.717) is 12.1 Å². The second kappa shape index (κ2) is 11.4. The Balaban J connectivity index is 1.42. The van der Waals surface area contributed by atoms with Gasteiger partial charge in [-0.25, -0.2) is 0 Å². The van der Waals surface area contributed by atoms with Crippen LogP contribution >= 0.6 is 0 Å². The van der Waals surface area contributed by atoms with E-state index in [4.69, 9.17) is 4.74 Å². The van der Waals surface area contributed by atoms with Crippen LogP contribution in [0.25, 0.3) is 0 Å². The molecule has 2 N–H and O–H groups in total. The van der Waals surface area contributed by atoms with E-state index >= 15 is 0 Å². The highest BCUT2D eigenvalue weighted by Crippen LogP contribution is 2.19. The first-order valence-electron chi connectivity index (χ1n) is 10.8. The number of rotatable bonds is 9. The molecule has 0 amide bonds. The van der Waals surface area contributed by atoms with Gasteiger partial charge in [-0.2, -0.15) is 0 Å². The van der Waals surface area contributed by atoms with Crippen LogP contribution in [0.3, 0.4) is 0 Å². The Morgan fingerprint density at radius 1 is 1.04 bits per heavy atom. The van der Waals surface area contributed by atoms with Crippen molar-refractivity contribution in [2.45, 2.75) is 44.3 Å². The molecule has 3 rings (SSSR count). The minimum atomic E-state index is 0.573. The molecule has 156 valence electrons. The Hall–Kier alpha value is -1.63. The Morgan fingerprint density at radius 2 is 1.68 bits per heavy atom. The minimum Gasteiger partial charge on any atom is -0.383 e. The number of methoxy groups -OCH3 is 1. The van der Waals surface area contributed by atoms with E-state index in [1.807, 2.05) is 7.05 Å². The summed E-state index contributed by atoms with van der Waals surface area (Å²) in [7, 11) is 3.64. The Kier molecular flexibility index (Phi) is 8.58. The smallest absolute Gasteiger partial charge is 0.191 e. The summed E-state index contributed by atoms with van der Waals surface area (Å²) in [6, 6.07) is 11.9. The van der Waals surface area contributed by atoms with Crippen LogP contribution in [-0.4, -0.2) is 81.3 Å². The summed E-state index contributed by atoms with van der Waals surface area (Å²) in [5.74, 6) is 0.921. The number of nitrogens with one attached hydrogen (secondary N) is 2. The summed E-state index contributed by atoms with van der Waals surface area (Å²) in [5.41, 5.74) is 1.40. The first kappa shape index (κ1) is 21.1. The average Bonchev–Trinajstić information content (AvgIpc) is 3.36. The Morgan fingerprint density at radius 3 is 2.32 bits per heavy atom. The van der Waals surface area contributed by atoms with Crippen molar-refractivity contribution >= 4 is 5.96 Å². The third kappa shape index (κ3) is 6.19. The van der Waals surface area contributed by atoms with E-state index in [9.17, 15) is 0 Å². The molecule has 0 aromatic heterocycles. The summed E-state index contributed by atoms with van der Waals surface area (Å²) < 4.78 is 5.24. The second-order valence-corrected chi connectivity index (χ2v) is 7.91. The lowest BCUT2D eigenvalue weighted by molar-refractivity contribution is 0.141. The molecule has 0 saturated carbocycles. The summed E-state index contributed by atoms with van der Waals surface area (Å²) in [6.45, 7) is 7.12. The van der Waals surface area contributed by atoms with E-state index in [0.717, 1.165) is 38.7 Å². The number of nitrogens with zero attached hydrogens (tertiary/aromatic N) is 3. The van der Waals surface area contributed by atoms with E-state index in [1.165, 1.54) is 44.3 Å². The van der Waals surface area contributed by atoms with E-state index in [-0.39, 0.29) is 0 Å². The molecule has 1 aromatic rings. The molecular weight excluding hydrogens is 350 g/mol. The van der Waals surface area contributed by atoms with Crippen LogP contribution in [0.4, 0.5) is 0 Å². The van der Waals surface area contributed by atoms with Gasteiger partial charge in [-0.15, -0.1) is 0 Å². The fourth-order valence-corrected chi connectivity index (χ4v) is 4.43. The van der Waals surface area contributed by atoms with Crippen molar-refractivity contribution < 1.29 is 4.74 Å². The number of likely N-dealkylation sites (tertiary alicyclic amines) is 2. The van der Waals surface area contributed by atoms with Gasteiger partial charge in [-0.1, -0.05) is 30.3 Å². The maximum atomic E-state index is 5.24. The lowest BCUT2D eigenvalue weighted by Crippen LogP contribution is -2.48. The fourth-order valence-electron chi connectivity index (χ4n) is 4.43. The number of guanidine groups is 1. The molecule has 0 aliphatic carbocycles. The normalized spacial score (nSPS) is 24.0. The van der Waals surface area contributed by atoms with Gasteiger partial charge in [-0.3, -0.25) is 14.8 Å². The number of benzene rings is 1. The lowest BCUT2D eigenvalue weighted by Gasteiger charge is -2.27. The predicted octanol–water partition coefficient (Wildman–Crippen LogP) is 1.93. The van der Waals surface area contributed by atoms with Crippen molar-refractivity contribution in [2.24, 2.45) is 4.99 Å². The Labute approximate surface area is 170 Å². The topological polar surface area (TPSA) is 52.1 Å². The highest BCUT2D eigenvalue weighted by Gasteiger charge is 2.26. The molecular formula is C22H37N5O. The maximum Gasteiger partial charge on any atom is 0.191 e. The average molecular weight is 388 g/mol. The number of aliphatic imine (C=N–C) groups is 1. The van der Waals surface area contributed by atoms with Crippen molar-refractivity contribution in [1.82, 2.24) is 20.4 Å². The molecule has 6 heteroatoms. The molecule has 0 spiro atoms. The summed E-state index contributed by atoms with van der Waals surface area (Å²) in [4.78, 5) is 9.57.